The first-order valence-corrected chi connectivity index (χ1v) is 8.06. The van der Waals surface area contributed by atoms with Crippen LogP contribution in [-0.4, -0.2) is 34.0 Å². The summed E-state index contributed by atoms with van der Waals surface area (Å²) >= 11 is 1.50. The van der Waals surface area contributed by atoms with Gasteiger partial charge in [-0.15, -0.1) is 11.3 Å². The van der Waals surface area contributed by atoms with E-state index in [1.807, 2.05) is 30.3 Å². The maximum absolute atomic E-state index is 11.4. The van der Waals surface area contributed by atoms with Crippen molar-refractivity contribution in [1.82, 2.24) is 9.88 Å². The lowest BCUT2D eigenvalue weighted by Gasteiger charge is -2.25. The summed E-state index contributed by atoms with van der Waals surface area (Å²) in [6, 6.07) is 9.77. The van der Waals surface area contributed by atoms with Gasteiger partial charge in [0.1, 0.15) is 5.01 Å². The molecule has 0 radical (unpaired) electrons. The standard InChI is InChI=1S/C16H18N2O2S/c19-16(20)14-13(11-18-9-5-2-6-10-18)21-15(17-14)12-7-3-1-4-8-12/h1,3-4,7-8H,2,5-6,9-11H2,(H,19,20). The summed E-state index contributed by atoms with van der Waals surface area (Å²) in [4.78, 5) is 19.0. The van der Waals surface area contributed by atoms with Gasteiger partial charge in [-0.1, -0.05) is 36.8 Å². The largest absolute Gasteiger partial charge is 0.476 e. The molecule has 1 N–H and O–H groups in total. The molecule has 3 rings (SSSR count). The lowest BCUT2D eigenvalue weighted by Crippen LogP contribution is -2.29. The zero-order valence-electron chi connectivity index (χ0n) is 11.8. The summed E-state index contributed by atoms with van der Waals surface area (Å²) in [5.74, 6) is -0.930. The summed E-state index contributed by atoms with van der Waals surface area (Å²) in [6.07, 6.45) is 3.68. The van der Waals surface area contributed by atoms with Crippen LogP contribution in [0.15, 0.2) is 30.3 Å². The minimum atomic E-state index is -0.930. The summed E-state index contributed by atoms with van der Waals surface area (Å²) in [5, 5.41) is 10.2. The number of likely N-dealkylation sites (tertiary alicyclic amines) is 1. The van der Waals surface area contributed by atoms with Gasteiger partial charge in [0.05, 0.1) is 4.88 Å². The van der Waals surface area contributed by atoms with Gasteiger partial charge < -0.3 is 5.11 Å². The van der Waals surface area contributed by atoms with Gasteiger partial charge in [0.2, 0.25) is 0 Å². The summed E-state index contributed by atoms with van der Waals surface area (Å²) < 4.78 is 0. The van der Waals surface area contributed by atoms with E-state index in [1.165, 1.54) is 30.6 Å². The first kappa shape index (κ1) is 14.2. The molecule has 0 atom stereocenters. The fraction of sp³-hybridized carbons (Fsp3) is 0.375. The maximum atomic E-state index is 11.4. The minimum absolute atomic E-state index is 0.212. The van der Waals surface area contributed by atoms with Crippen molar-refractivity contribution in [3.8, 4) is 10.6 Å². The van der Waals surface area contributed by atoms with E-state index in [4.69, 9.17) is 0 Å². The Bertz CT molecular complexity index is 618. The molecule has 2 aromatic rings. The van der Waals surface area contributed by atoms with Gasteiger partial charge in [-0.05, 0) is 25.9 Å². The first-order chi connectivity index (χ1) is 10.2. The number of thiazole rings is 1. The van der Waals surface area contributed by atoms with Gasteiger partial charge in [0.15, 0.2) is 5.69 Å². The number of carboxylic acid groups (broad SMARTS) is 1. The maximum Gasteiger partial charge on any atom is 0.355 e. The van der Waals surface area contributed by atoms with Gasteiger partial charge in [-0.2, -0.15) is 0 Å². The van der Waals surface area contributed by atoms with Crippen molar-refractivity contribution in [2.24, 2.45) is 0 Å². The topological polar surface area (TPSA) is 53.4 Å². The average Bonchev–Trinajstić information content (AvgIpc) is 2.93. The molecule has 1 fully saturated rings. The molecule has 0 unspecified atom stereocenters. The van der Waals surface area contributed by atoms with Gasteiger partial charge in [0, 0.05) is 12.1 Å². The number of carbonyl (C=O) groups is 1. The first-order valence-electron chi connectivity index (χ1n) is 7.25. The Labute approximate surface area is 128 Å². The second-order valence-corrected chi connectivity index (χ2v) is 6.38. The van der Waals surface area contributed by atoms with Gasteiger partial charge in [-0.25, -0.2) is 9.78 Å². The number of aromatic nitrogens is 1. The number of carboxylic acids is 1. The SMILES string of the molecule is O=C(O)c1nc(-c2ccccc2)sc1CN1CCCCC1. The predicted molar refractivity (Wildman–Crippen MR) is 83.6 cm³/mol. The third-order valence-electron chi connectivity index (χ3n) is 3.74. The van der Waals surface area contributed by atoms with Crippen LogP contribution in [0.3, 0.4) is 0 Å². The van der Waals surface area contributed by atoms with E-state index in [9.17, 15) is 9.90 Å². The molecule has 0 aliphatic carbocycles. The Morgan fingerprint density at radius 1 is 1.19 bits per heavy atom. The highest BCUT2D eigenvalue weighted by Gasteiger charge is 2.21. The smallest absolute Gasteiger partial charge is 0.355 e. The van der Waals surface area contributed by atoms with Crippen molar-refractivity contribution in [1.29, 1.82) is 0 Å². The molecule has 0 bridgehead atoms. The average molecular weight is 302 g/mol. The highest BCUT2D eigenvalue weighted by atomic mass is 32.1. The van der Waals surface area contributed by atoms with Crippen LogP contribution in [-0.2, 0) is 6.54 Å². The van der Waals surface area contributed by atoms with Crippen molar-refractivity contribution in [3.63, 3.8) is 0 Å². The lowest BCUT2D eigenvalue weighted by atomic mass is 10.1. The highest BCUT2D eigenvalue weighted by Crippen LogP contribution is 2.29. The quantitative estimate of drug-likeness (QED) is 0.939. The van der Waals surface area contributed by atoms with E-state index in [0.717, 1.165) is 28.5 Å². The van der Waals surface area contributed by atoms with E-state index < -0.39 is 5.97 Å². The van der Waals surface area contributed by atoms with Crippen molar-refractivity contribution in [2.45, 2.75) is 25.8 Å². The molecule has 4 nitrogen and oxygen atoms in total. The zero-order chi connectivity index (χ0) is 14.7. The summed E-state index contributed by atoms with van der Waals surface area (Å²) in [5.41, 5.74) is 1.19. The molecule has 1 aromatic heterocycles. The Kier molecular flexibility index (Phi) is 4.31. The normalized spacial score (nSPS) is 16.0. The fourth-order valence-corrected chi connectivity index (χ4v) is 3.75. The fourth-order valence-electron chi connectivity index (χ4n) is 2.65. The van der Waals surface area contributed by atoms with E-state index >= 15 is 0 Å². The molecule has 110 valence electrons. The third-order valence-corrected chi connectivity index (χ3v) is 4.83. The molecule has 1 aromatic carbocycles. The van der Waals surface area contributed by atoms with Crippen LogP contribution in [0.2, 0.25) is 0 Å². The molecule has 2 heterocycles. The number of rotatable bonds is 4. The zero-order valence-corrected chi connectivity index (χ0v) is 12.6. The Morgan fingerprint density at radius 2 is 1.90 bits per heavy atom. The molecule has 0 spiro atoms. The van der Waals surface area contributed by atoms with Gasteiger partial charge in [0.25, 0.3) is 0 Å². The molecule has 0 saturated carbocycles. The molecular formula is C16H18N2O2S. The third kappa shape index (κ3) is 3.31. The van der Waals surface area contributed by atoms with Crippen LogP contribution in [0.1, 0.15) is 34.6 Å². The van der Waals surface area contributed by atoms with Crippen molar-refractivity contribution in [3.05, 3.63) is 40.9 Å². The number of aromatic carboxylic acids is 1. The summed E-state index contributed by atoms with van der Waals surface area (Å²) in [7, 11) is 0. The predicted octanol–water partition coefficient (Wildman–Crippen LogP) is 3.49. The number of hydrogen-bond donors (Lipinski definition) is 1. The Hall–Kier alpha value is -1.72. The number of hydrogen-bond acceptors (Lipinski definition) is 4. The van der Waals surface area contributed by atoms with Gasteiger partial charge >= 0.3 is 5.97 Å². The molecule has 1 aliphatic heterocycles. The van der Waals surface area contributed by atoms with Crippen molar-refractivity contribution in [2.75, 3.05) is 13.1 Å². The van der Waals surface area contributed by atoms with Crippen LogP contribution >= 0.6 is 11.3 Å². The number of nitrogens with zero attached hydrogens (tertiary/aromatic N) is 2. The minimum Gasteiger partial charge on any atom is -0.476 e. The van der Waals surface area contributed by atoms with Crippen molar-refractivity contribution < 1.29 is 9.90 Å². The Morgan fingerprint density at radius 3 is 2.57 bits per heavy atom. The van der Waals surface area contributed by atoms with Crippen molar-refractivity contribution >= 4 is 17.3 Å². The summed E-state index contributed by atoms with van der Waals surface area (Å²) in [6.45, 7) is 2.81. The van der Waals surface area contributed by atoms with E-state index in [-0.39, 0.29) is 5.69 Å². The Balaban J connectivity index is 1.88. The van der Waals surface area contributed by atoms with E-state index in [0.29, 0.717) is 6.54 Å². The second kappa shape index (κ2) is 6.37. The number of benzene rings is 1. The van der Waals surface area contributed by atoms with E-state index in [2.05, 4.69) is 9.88 Å². The van der Waals surface area contributed by atoms with Gasteiger partial charge in [-0.3, -0.25) is 4.90 Å². The van der Waals surface area contributed by atoms with E-state index in [1.54, 1.807) is 0 Å². The van der Waals surface area contributed by atoms with Crippen LogP contribution < -0.4 is 0 Å². The van der Waals surface area contributed by atoms with Crippen LogP contribution in [0.25, 0.3) is 10.6 Å². The molecule has 0 amide bonds. The second-order valence-electron chi connectivity index (χ2n) is 5.30. The van der Waals surface area contributed by atoms with Crippen LogP contribution in [0.5, 0.6) is 0 Å². The van der Waals surface area contributed by atoms with Crippen LogP contribution in [0.4, 0.5) is 0 Å². The molecule has 5 heteroatoms. The molecular weight excluding hydrogens is 284 g/mol. The monoisotopic (exact) mass is 302 g/mol. The molecule has 1 saturated heterocycles. The number of piperidine rings is 1. The molecule has 21 heavy (non-hydrogen) atoms. The van der Waals surface area contributed by atoms with Crippen LogP contribution in [0, 0.1) is 0 Å². The molecule has 1 aliphatic rings. The highest BCUT2D eigenvalue weighted by molar-refractivity contribution is 7.15. The lowest BCUT2D eigenvalue weighted by molar-refractivity contribution is 0.0689.